The lowest BCUT2D eigenvalue weighted by molar-refractivity contribution is 0.275. The van der Waals surface area contributed by atoms with Gasteiger partial charge in [0.2, 0.25) is 0 Å². The number of hydrogen-bond acceptors (Lipinski definition) is 5. The van der Waals surface area contributed by atoms with E-state index in [0.717, 1.165) is 5.56 Å². The highest BCUT2D eigenvalue weighted by molar-refractivity contribution is 7.90. The quantitative estimate of drug-likeness (QED) is 0.490. The summed E-state index contributed by atoms with van der Waals surface area (Å²) in [7, 11) is -4.60. The minimum atomic E-state index is -3.60. The van der Waals surface area contributed by atoms with Gasteiger partial charge in [-0.25, -0.2) is 8.42 Å². The Labute approximate surface area is 141 Å². The van der Waals surface area contributed by atoms with Gasteiger partial charge in [-0.15, -0.1) is 5.92 Å². The fraction of sp³-hybridized carbons (Fsp3) is 0.176. The van der Waals surface area contributed by atoms with Crippen molar-refractivity contribution in [2.45, 2.75) is 24.2 Å². The predicted octanol–water partition coefficient (Wildman–Crippen LogP) is 0.832. The number of rotatable bonds is 3. The molecule has 0 spiro atoms. The maximum atomic E-state index is 12.8. The lowest BCUT2D eigenvalue weighted by Crippen LogP contribution is -2.28. The highest BCUT2D eigenvalue weighted by Crippen LogP contribution is 2.23. The minimum Gasteiger partial charge on any atom is -0.423 e. The van der Waals surface area contributed by atoms with Gasteiger partial charge in [-0.1, -0.05) is 24.1 Å². The van der Waals surface area contributed by atoms with Crippen LogP contribution in [-0.2, 0) is 26.9 Å². The molecule has 0 bridgehead atoms. The molecule has 2 aromatic carbocycles. The smallest absolute Gasteiger partial charge is 0.423 e. The summed E-state index contributed by atoms with van der Waals surface area (Å²) in [6.07, 6.45) is 0. The van der Waals surface area contributed by atoms with Crippen molar-refractivity contribution in [1.82, 2.24) is 0 Å². The van der Waals surface area contributed by atoms with E-state index in [1.54, 1.807) is 37.3 Å². The Morgan fingerprint density at radius 2 is 2.08 bits per heavy atom. The number of fused-ring (bicyclic) bond motifs is 1. The maximum Gasteiger partial charge on any atom is 0.491 e. The molecule has 3 rings (SSSR count). The topological polar surface area (TPSA) is 89.6 Å². The lowest BCUT2D eigenvalue weighted by Gasteiger charge is -2.09. The largest absolute Gasteiger partial charge is 0.491 e. The average molecular weight is 341 g/mol. The van der Waals surface area contributed by atoms with Gasteiger partial charge in [0.15, 0.2) is 9.84 Å². The van der Waals surface area contributed by atoms with Gasteiger partial charge in [-0.05, 0) is 41.7 Å². The van der Waals surface area contributed by atoms with Gasteiger partial charge in [0, 0.05) is 11.3 Å². The first kappa shape index (κ1) is 16.6. The number of benzene rings is 2. The van der Waals surface area contributed by atoms with E-state index in [4.69, 9.17) is 10.4 Å². The highest BCUT2D eigenvalue weighted by Gasteiger charge is 2.28. The molecule has 0 atom stereocenters. The summed E-state index contributed by atoms with van der Waals surface area (Å²) in [6, 6.07) is 9.78. The van der Waals surface area contributed by atoms with Gasteiger partial charge >= 0.3 is 7.12 Å². The molecule has 0 aromatic heterocycles. The summed E-state index contributed by atoms with van der Waals surface area (Å²) < 4.78 is 30.7. The summed E-state index contributed by atoms with van der Waals surface area (Å²) in [5.41, 5.74) is 8.66. The van der Waals surface area contributed by atoms with E-state index in [1.165, 1.54) is 6.07 Å². The Morgan fingerprint density at radius 3 is 2.83 bits per heavy atom. The number of anilines is 1. The van der Waals surface area contributed by atoms with Crippen molar-refractivity contribution >= 4 is 28.1 Å². The van der Waals surface area contributed by atoms with Crippen LogP contribution in [0.4, 0.5) is 5.69 Å². The van der Waals surface area contributed by atoms with Crippen LogP contribution in [0.25, 0.3) is 0 Å². The Kier molecular flexibility index (Phi) is 4.37. The third-order valence-corrected chi connectivity index (χ3v) is 5.57. The number of hydrogen-bond donors (Lipinski definition) is 2. The van der Waals surface area contributed by atoms with Gasteiger partial charge in [-0.2, -0.15) is 0 Å². The summed E-state index contributed by atoms with van der Waals surface area (Å²) >= 11 is 0. The van der Waals surface area contributed by atoms with E-state index in [0.29, 0.717) is 28.9 Å². The number of sulfone groups is 1. The van der Waals surface area contributed by atoms with Gasteiger partial charge in [-0.3, -0.25) is 0 Å². The zero-order valence-corrected chi connectivity index (χ0v) is 13.9. The fourth-order valence-corrected chi connectivity index (χ4v) is 4.20. The zero-order chi connectivity index (χ0) is 17.3. The van der Waals surface area contributed by atoms with E-state index < -0.39 is 17.0 Å². The Morgan fingerprint density at radius 1 is 1.29 bits per heavy atom. The second kappa shape index (κ2) is 6.32. The van der Waals surface area contributed by atoms with Crippen molar-refractivity contribution < 1.29 is 18.1 Å². The molecule has 0 saturated heterocycles. The van der Waals surface area contributed by atoms with Crippen molar-refractivity contribution in [3.8, 4) is 11.8 Å². The van der Waals surface area contributed by atoms with E-state index in [2.05, 4.69) is 11.8 Å². The Hall–Kier alpha value is -2.27. The van der Waals surface area contributed by atoms with Crippen molar-refractivity contribution in [3.05, 3.63) is 53.1 Å². The van der Waals surface area contributed by atoms with Crippen LogP contribution in [-0.4, -0.2) is 20.6 Å². The van der Waals surface area contributed by atoms with Crippen LogP contribution in [0.2, 0.25) is 0 Å². The minimum absolute atomic E-state index is 0.156. The van der Waals surface area contributed by atoms with Crippen LogP contribution in [0.5, 0.6) is 0 Å². The summed E-state index contributed by atoms with van der Waals surface area (Å²) in [4.78, 5) is 0.156. The van der Waals surface area contributed by atoms with Crippen molar-refractivity contribution in [1.29, 1.82) is 0 Å². The molecular formula is C17H16BNO4S. The summed E-state index contributed by atoms with van der Waals surface area (Å²) in [5, 5.41) is 9.76. The normalized spacial score (nSPS) is 13.3. The number of nitrogen functional groups attached to an aromatic ring is 1. The zero-order valence-electron chi connectivity index (χ0n) is 13.1. The third kappa shape index (κ3) is 3.17. The van der Waals surface area contributed by atoms with Crippen LogP contribution < -0.4 is 11.2 Å². The van der Waals surface area contributed by atoms with E-state index >= 15 is 0 Å². The molecule has 0 radical (unpaired) electrons. The van der Waals surface area contributed by atoms with E-state index in [9.17, 15) is 13.4 Å². The molecule has 7 heteroatoms. The first-order valence-electron chi connectivity index (χ1n) is 7.37. The SMILES string of the molecule is CC#Cc1cc(N)ccc1S(=O)(=O)Cc1ccc2c(c1)B(O)OC2. The molecule has 1 aliphatic heterocycles. The van der Waals surface area contributed by atoms with Gasteiger partial charge in [0.25, 0.3) is 0 Å². The van der Waals surface area contributed by atoms with Crippen LogP contribution in [0, 0.1) is 11.8 Å². The molecule has 0 saturated carbocycles. The van der Waals surface area contributed by atoms with Crippen molar-refractivity contribution in [2.75, 3.05) is 5.73 Å². The molecular weight excluding hydrogens is 325 g/mol. The number of nitrogens with two attached hydrogens (primary N) is 1. The Bertz CT molecular complexity index is 960. The molecule has 1 aliphatic rings. The molecule has 0 fully saturated rings. The fourth-order valence-electron chi connectivity index (χ4n) is 2.70. The van der Waals surface area contributed by atoms with Crippen LogP contribution in [0.1, 0.15) is 23.6 Å². The standard InChI is InChI=1S/C17H16BNO4S/c1-2-3-13-9-15(19)6-7-17(13)24(21,22)11-12-4-5-14-10-23-18(20)16(14)8-12/h4-9,20H,10-11,19H2,1H3. The van der Waals surface area contributed by atoms with E-state index in [-0.39, 0.29) is 10.6 Å². The molecule has 5 nitrogen and oxygen atoms in total. The highest BCUT2D eigenvalue weighted by atomic mass is 32.2. The maximum absolute atomic E-state index is 12.8. The van der Waals surface area contributed by atoms with Crippen LogP contribution >= 0.6 is 0 Å². The molecule has 1 heterocycles. The monoisotopic (exact) mass is 341 g/mol. The molecule has 24 heavy (non-hydrogen) atoms. The first-order chi connectivity index (χ1) is 11.4. The average Bonchev–Trinajstić information content (AvgIpc) is 2.88. The van der Waals surface area contributed by atoms with E-state index in [1.807, 2.05) is 0 Å². The molecule has 0 amide bonds. The van der Waals surface area contributed by atoms with Crippen molar-refractivity contribution in [3.63, 3.8) is 0 Å². The predicted molar refractivity (Wildman–Crippen MR) is 93.1 cm³/mol. The Balaban J connectivity index is 1.98. The van der Waals surface area contributed by atoms with Gasteiger partial charge < -0.3 is 15.4 Å². The summed E-state index contributed by atoms with van der Waals surface area (Å²) in [6.45, 7) is 1.97. The molecule has 3 N–H and O–H groups in total. The van der Waals surface area contributed by atoms with Gasteiger partial charge in [0.05, 0.1) is 17.3 Å². The van der Waals surface area contributed by atoms with Crippen molar-refractivity contribution in [2.24, 2.45) is 0 Å². The van der Waals surface area contributed by atoms with Gasteiger partial charge in [0.1, 0.15) is 0 Å². The first-order valence-corrected chi connectivity index (χ1v) is 9.02. The van der Waals surface area contributed by atoms with Crippen LogP contribution in [0.15, 0.2) is 41.3 Å². The molecule has 0 aliphatic carbocycles. The molecule has 2 aromatic rings. The third-order valence-electron chi connectivity index (χ3n) is 3.83. The lowest BCUT2D eigenvalue weighted by atomic mass is 9.79. The summed E-state index contributed by atoms with van der Waals surface area (Å²) in [5.74, 6) is 5.31. The molecule has 122 valence electrons. The second-order valence-corrected chi connectivity index (χ2v) is 7.54. The second-order valence-electron chi connectivity index (χ2n) is 5.59. The van der Waals surface area contributed by atoms with Crippen LogP contribution in [0.3, 0.4) is 0 Å². The molecule has 0 unspecified atom stereocenters.